The zero-order chi connectivity index (χ0) is 18.4. The molecule has 0 radical (unpaired) electrons. The van der Waals surface area contributed by atoms with Crippen molar-refractivity contribution in [2.24, 2.45) is 5.73 Å². The summed E-state index contributed by atoms with van der Waals surface area (Å²) in [6.07, 6.45) is 5.04. The number of pyridine rings is 2. The summed E-state index contributed by atoms with van der Waals surface area (Å²) >= 11 is 6.07. The first-order chi connectivity index (χ1) is 11.7. The molecule has 0 aliphatic heterocycles. The number of halogens is 1. The van der Waals surface area contributed by atoms with Crippen LogP contribution >= 0.6 is 11.6 Å². The minimum Gasteiger partial charge on any atom is -0.474 e. The SMILES string of the molecule is CC(C)S(=O)C1CC(Oc2ncc(C(C)(C)N)c3cc(Cl)ncc23)C1. The van der Waals surface area contributed by atoms with Gasteiger partial charge in [0.15, 0.2) is 0 Å². The molecule has 25 heavy (non-hydrogen) atoms. The van der Waals surface area contributed by atoms with E-state index in [9.17, 15) is 4.21 Å². The highest BCUT2D eigenvalue weighted by atomic mass is 35.5. The molecule has 1 atom stereocenters. The van der Waals surface area contributed by atoms with Crippen LogP contribution in [-0.4, -0.2) is 30.8 Å². The molecule has 0 amide bonds. The lowest BCUT2D eigenvalue weighted by Gasteiger charge is -2.35. The molecule has 1 aliphatic carbocycles. The lowest BCUT2D eigenvalue weighted by Crippen LogP contribution is -2.42. The largest absolute Gasteiger partial charge is 0.474 e. The highest BCUT2D eigenvalue weighted by Gasteiger charge is 2.36. The summed E-state index contributed by atoms with van der Waals surface area (Å²) in [6, 6.07) is 1.80. The van der Waals surface area contributed by atoms with Crippen molar-refractivity contribution in [2.75, 3.05) is 0 Å². The first-order valence-electron chi connectivity index (χ1n) is 8.46. The van der Waals surface area contributed by atoms with Crippen LogP contribution in [0.25, 0.3) is 10.8 Å². The Kier molecular flexibility index (Phi) is 5.06. The van der Waals surface area contributed by atoms with Crippen molar-refractivity contribution in [1.29, 1.82) is 0 Å². The highest BCUT2D eigenvalue weighted by molar-refractivity contribution is 7.86. The van der Waals surface area contributed by atoms with Gasteiger partial charge in [-0.3, -0.25) is 4.21 Å². The van der Waals surface area contributed by atoms with Crippen LogP contribution in [0.3, 0.4) is 0 Å². The summed E-state index contributed by atoms with van der Waals surface area (Å²) in [5.41, 5.74) is 6.61. The Bertz CT molecular complexity index is 814. The average Bonchev–Trinajstić information content (AvgIpc) is 2.47. The Morgan fingerprint density at radius 3 is 2.56 bits per heavy atom. The molecule has 3 rings (SSSR count). The van der Waals surface area contributed by atoms with Gasteiger partial charge in [-0.15, -0.1) is 0 Å². The zero-order valence-electron chi connectivity index (χ0n) is 15.0. The fraction of sp³-hybridized carbons (Fsp3) is 0.556. The summed E-state index contributed by atoms with van der Waals surface area (Å²) < 4.78 is 18.2. The van der Waals surface area contributed by atoms with Crippen molar-refractivity contribution in [3.8, 4) is 5.88 Å². The molecule has 1 aliphatic rings. The second-order valence-electron chi connectivity index (χ2n) is 7.46. The van der Waals surface area contributed by atoms with Crippen LogP contribution in [0.2, 0.25) is 5.15 Å². The van der Waals surface area contributed by atoms with Gasteiger partial charge in [0.1, 0.15) is 11.3 Å². The van der Waals surface area contributed by atoms with Crippen molar-refractivity contribution in [3.63, 3.8) is 0 Å². The van der Waals surface area contributed by atoms with Gasteiger partial charge in [-0.1, -0.05) is 25.4 Å². The molecule has 1 unspecified atom stereocenters. The van der Waals surface area contributed by atoms with Crippen LogP contribution in [-0.2, 0) is 16.3 Å². The normalized spacial score (nSPS) is 22.0. The van der Waals surface area contributed by atoms with Crippen molar-refractivity contribution < 1.29 is 8.95 Å². The Morgan fingerprint density at radius 2 is 1.96 bits per heavy atom. The quantitative estimate of drug-likeness (QED) is 0.801. The van der Waals surface area contributed by atoms with E-state index in [4.69, 9.17) is 22.1 Å². The predicted octanol–water partition coefficient (Wildman–Crippen LogP) is 3.54. The lowest BCUT2D eigenvalue weighted by molar-refractivity contribution is 0.120. The highest BCUT2D eigenvalue weighted by Crippen LogP contribution is 2.36. The van der Waals surface area contributed by atoms with E-state index < -0.39 is 16.3 Å². The van der Waals surface area contributed by atoms with Gasteiger partial charge in [0.2, 0.25) is 5.88 Å². The van der Waals surface area contributed by atoms with Crippen molar-refractivity contribution in [2.45, 2.75) is 62.7 Å². The Hall–Kier alpha value is -1.24. The van der Waals surface area contributed by atoms with Crippen molar-refractivity contribution in [3.05, 3.63) is 29.2 Å². The number of ether oxygens (including phenoxy) is 1. The van der Waals surface area contributed by atoms with Gasteiger partial charge in [-0.2, -0.15) is 0 Å². The van der Waals surface area contributed by atoms with E-state index in [1.165, 1.54) is 0 Å². The van der Waals surface area contributed by atoms with Gasteiger partial charge in [-0.05, 0) is 43.7 Å². The maximum Gasteiger partial charge on any atom is 0.223 e. The molecule has 2 heterocycles. The summed E-state index contributed by atoms with van der Waals surface area (Å²) in [5, 5.41) is 2.51. The smallest absolute Gasteiger partial charge is 0.223 e. The average molecular weight is 382 g/mol. The molecule has 0 saturated heterocycles. The van der Waals surface area contributed by atoms with Crippen molar-refractivity contribution >= 4 is 33.2 Å². The zero-order valence-corrected chi connectivity index (χ0v) is 16.5. The summed E-state index contributed by atoms with van der Waals surface area (Å²) in [7, 11) is -0.801. The topological polar surface area (TPSA) is 78.1 Å². The van der Waals surface area contributed by atoms with E-state index >= 15 is 0 Å². The summed E-state index contributed by atoms with van der Waals surface area (Å²) in [4.78, 5) is 8.63. The van der Waals surface area contributed by atoms with E-state index in [0.29, 0.717) is 11.0 Å². The van der Waals surface area contributed by atoms with E-state index in [2.05, 4.69) is 9.97 Å². The van der Waals surface area contributed by atoms with Gasteiger partial charge < -0.3 is 10.5 Å². The Labute approximate surface area is 155 Å². The van der Waals surface area contributed by atoms with Gasteiger partial charge >= 0.3 is 0 Å². The monoisotopic (exact) mass is 381 g/mol. The molecule has 136 valence electrons. The van der Waals surface area contributed by atoms with Gasteiger partial charge in [-0.25, -0.2) is 9.97 Å². The summed E-state index contributed by atoms with van der Waals surface area (Å²) in [6.45, 7) is 7.83. The van der Waals surface area contributed by atoms with Gasteiger partial charge in [0, 0.05) is 39.2 Å². The molecule has 0 aromatic carbocycles. The van der Waals surface area contributed by atoms with Crippen LogP contribution in [0.4, 0.5) is 0 Å². The minimum atomic E-state index is -0.801. The molecule has 1 saturated carbocycles. The number of aromatic nitrogens is 2. The van der Waals surface area contributed by atoms with Gasteiger partial charge in [0.25, 0.3) is 0 Å². The molecule has 2 N–H and O–H groups in total. The van der Waals surface area contributed by atoms with E-state index in [0.717, 1.165) is 29.2 Å². The predicted molar refractivity (Wildman–Crippen MR) is 102 cm³/mol. The molecule has 1 fully saturated rings. The standard InChI is InChI=1S/C18H24ClN3O2S/c1-10(2)25(23)12-5-11(6-12)24-17-14-8-21-16(19)7-13(14)15(9-22-17)18(3,4)20/h7-12H,5-6,20H2,1-4H3. The Morgan fingerprint density at radius 1 is 1.28 bits per heavy atom. The number of rotatable bonds is 5. The number of nitrogens with zero attached hydrogens (tertiary/aromatic N) is 2. The van der Waals surface area contributed by atoms with Crippen LogP contribution < -0.4 is 10.5 Å². The molecule has 7 heteroatoms. The fourth-order valence-electron chi connectivity index (χ4n) is 3.04. The molecule has 2 aromatic heterocycles. The number of hydrogen-bond acceptors (Lipinski definition) is 5. The van der Waals surface area contributed by atoms with Gasteiger partial charge in [0.05, 0.1) is 5.39 Å². The first kappa shape index (κ1) is 18.5. The number of nitrogens with two attached hydrogens (primary N) is 1. The minimum absolute atomic E-state index is 0.0378. The lowest BCUT2D eigenvalue weighted by atomic mass is 9.93. The van der Waals surface area contributed by atoms with E-state index in [1.54, 1.807) is 18.5 Å². The van der Waals surface area contributed by atoms with Crippen LogP contribution in [0.15, 0.2) is 18.5 Å². The summed E-state index contributed by atoms with van der Waals surface area (Å²) in [5.74, 6) is 0.533. The van der Waals surface area contributed by atoms with Crippen LogP contribution in [0.5, 0.6) is 5.88 Å². The second kappa shape index (κ2) is 6.82. The third-order valence-electron chi connectivity index (χ3n) is 4.52. The third-order valence-corrected chi connectivity index (χ3v) is 6.70. The molecule has 2 aromatic rings. The molecule has 0 bridgehead atoms. The molecular weight excluding hydrogens is 358 g/mol. The number of hydrogen-bond donors (Lipinski definition) is 1. The van der Waals surface area contributed by atoms with Crippen LogP contribution in [0, 0.1) is 0 Å². The van der Waals surface area contributed by atoms with E-state index in [1.807, 2.05) is 27.7 Å². The maximum absolute atomic E-state index is 12.1. The number of fused-ring (bicyclic) bond motifs is 1. The first-order valence-corrected chi connectivity index (χ1v) is 10.1. The van der Waals surface area contributed by atoms with E-state index in [-0.39, 0.29) is 16.6 Å². The molecule has 0 spiro atoms. The second-order valence-corrected chi connectivity index (χ2v) is 10.1. The molecular formula is C18H24ClN3O2S. The van der Waals surface area contributed by atoms with Crippen molar-refractivity contribution in [1.82, 2.24) is 9.97 Å². The fourth-order valence-corrected chi connectivity index (χ4v) is 4.78. The maximum atomic E-state index is 12.1. The van der Waals surface area contributed by atoms with Crippen LogP contribution in [0.1, 0.15) is 46.1 Å². The Balaban J connectivity index is 1.86. The molecule has 5 nitrogen and oxygen atoms in total. The third kappa shape index (κ3) is 3.81.